The molecule has 0 saturated carbocycles. The first kappa shape index (κ1) is 20.9. The van der Waals surface area contributed by atoms with Gasteiger partial charge in [-0.15, -0.1) is 0 Å². The van der Waals surface area contributed by atoms with Crippen molar-refractivity contribution in [3.8, 4) is 0 Å². The summed E-state index contributed by atoms with van der Waals surface area (Å²) in [7, 11) is -3.87. The molecule has 1 aliphatic rings. The Morgan fingerprint density at radius 2 is 1.97 bits per heavy atom. The number of fused-ring (bicyclic) bond motifs is 2. The van der Waals surface area contributed by atoms with Crippen LogP contribution in [0, 0.1) is 0 Å². The van der Waals surface area contributed by atoms with Gasteiger partial charge < -0.3 is 10.3 Å². The fraction of sp³-hybridized carbons (Fsp3) is 0.125. The largest absolute Gasteiger partial charge is 0.360 e. The van der Waals surface area contributed by atoms with Gasteiger partial charge in [-0.1, -0.05) is 24.3 Å². The first-order valence-electron chi connectivity index (χ1n) is 10.4. The van der Waals surface area contributed by atoms with Crippen molar-refractivity contribution in [2.24, 2.45) is 0 Å². The van der Waals surface area contributed by atoms with Crippen LogP contribution >= 0.6 is 0 Å². The number of anilines is 1. The minimum atomic E-state index is -3.87. The number of hydrogen-bond donors (Lipinski definition) is 2. The van der Waals surface area contributed by atoms with Crippen molar-refractivity contribution in [1.29, 1.82) is 0 Å². The molecule has 0 aliphatic carbocycles. The van der Waals surface area contributed by atoms with Crippen molar-refractivity contribution < 1.29 is 13.2 Å². The first-order chi connectivity index (χ1) is 15.9. The van der Waals surface area contributed by atoms with Gasteiger partial charge in [-0.05, 0) is 47.9 Å². The van der Waals surface area contributed by atoms with Crippen LogP contribution in [0.15, 0.2) is 82.9 Å². The van der Waals surface area contributed by atoms with E-state index in [-0.39, 0.29) is 22.4 Å². The predicted molar refractivity (Wildman–Crippen MR) is 125 cm³/mol. The molecule has 1 aliphatic heterocycles. The van der Waals surface area contributed by atoms with Crippen LogP contribution in [0.4, 0.5) is 5.69 Å². The lowest BCUT2D eigenvalue weighted by atomic mass is 10.1. The quantitative estimate of drug-likeness (QED) is 0.475. The summed E-state index contributed by atoms with van der Waals surface area (Å²) in [5.74, 6) is -0.552. The number of nitrogens with one attached hydrogen (secondary N) is 2. The van der Waals surface area contributed by atoms with E-state index in [0.717, 1.165) is 11.1 Å². The van der Waals surface area contributed by atoms with Crippen molar-refractivity contribution in [2.75, 3.05) is 10.8 Å². The molecule has 0 saturated heterocycles. The molecule has 9 heteroatoms. The van der Waals surface area contributed by atoms with Crippen molar-refractivity contribution >= 4 is 32.5 Å². The van der Waals surface area contributed by atoms with Gasteiger partial charge in [0.1, 0.15) is 5.56 Å². The van der Waals surface area contributed by atoms with Crippen molar-refractivity contribution in [1.82, 2.24) is 15.3 Å². The molecule has 4 aromatic rings. The highest BCUT2D eigenvalue weighted by Gasteiger charge is 2.31. The van der Waals surface area contributed by atoms with E-state index in [1.54, 1.807) is 36.7 Å². The highest BCUT2D eigenvalue weighted by Crippen LogP contribution is 2.33. The Balaban J connectivity index is 1.48. The van der Waals surface area contributed by atoms with Crippen LogP contribution in [-0.4, -0.2) is 30.8 Å². The second-order valence-corrected chi connectivity index (χ2v) is 9.60. The topological polar surface area (TPSA) is 112 Å². The molecule has 0 fully saturated rings. The Morgan fingerprint density at radius 3 is 2.79 bits per heavy atom. The number of nitrogens with zero attached hydrogens (tertiary/aromatic N) is 2. The van der Waals surface area contributed by atoms with Gasteiger partial charge in [0.15, 0.2) is 0 Å². The van der Waals surface area contributed by atoms with Gasteiger partial charge >= 0.3 is 0 Å². The van der Waals surface area contributed by atoms with Crippen LogP contribution in [0.2, 0.25) is 0 Å². The van der Waals surface area contributed by atoms with E-state index < -0.39 is 21.4 Å². The number of benzene rings is 2. The molecule has 3 heterocycles. The molecule has 8 nitrogen and oxygen atoms in total. The van der Waals surface area contributed by atoms with E-state index in [1.165, 1.54) is 22.6 Å². The monoisotopic (exact) mass is 460 g/mol. The van der Waals surface area contributed by atoms with E-state index in [2.05, 4.69) is 15.3 Å². The zero-order valence-corrected chi connectivity index (χ0v) is 18.3. The van der Waals surface area contributed by atoms with Crippen molar-refractivity contribution in [3.63, 3.8) is 0 Å². The van der Waals surface area contributed by atoms with Gasteiger partial charge in [0.2, 0.25) is 5.43 Å². The summed E-state index contributed by atoms with van der Waals surface area (Å²) in [4.78, 5) is 32.6. The zero-order valence-electron chi connectivity index (χ0n) is 17.5. The summed E-state index contributed by atoms with van der Waals surface area (Å²) in [5.41, 5.74) is 2.23. The van der Waals surface area contributed by atoms with E-state index in [0.29, 0.717) is 24.2 Å². The average molecular weight is 461 g/mol. The molecule has 33 heavy (non-hydrogen) atoms. The maximum atomic E-state index is 13.4. The third-order valence-corrected chi connectivity index (χ3v) is 7.51. The molecule has 0 atom stereocenters. The van der Waals surface area contributed by atoms with Gasteiger partial charge in [0, 0.05) is 42.6 Å². The predicted octanol–water partition coefficient (Wildman–Crippen LogP) is 2.60. The van der Waals surface area contributed by atoms with Gasteiger partial charge in [0.25, 0.3) is 15.9 Å². The van der Waals surface area contributed by atoms with Gasteiger partial charge in [-0.2, -0.15) is 0 Å². The van der Waals surface area contributed by atoms with Crippen LogP contribution < -0.4 is 15.1 Å². The van der Waals surface area contributed by atoms with E-state index in [1.807, 2.05) is 18.2 Å². The van der Waals surface area contributed by atoms with E-state index in [9.17, 15) is 18.0 Å². The number of H-pyrrole nitrogens is 1. The third-order valence-electron chi connectivity index (χ3n) is 5.71. The third kappa shape index (κ3) is 3.76. The molecule has 2 aromatic carbocycles. The molecule has 0 spiro atoms. The number of aromatic nitrogens is 2. The summed E-state index contributed by atoms with van der Waals surface area (Å²) < 4.78 is 28.1. The number of pyridine rings is 2. The Hall–Kier alpha value is -3.98. The molecule has 0 bridgehead atoms. The minimum Gasteiger partial charge on any atom is -0.360 e. The number of carbonyl (C=O) groups excluding carboxylic acids is 1. The molecule has 0 unspecified atom stereocenters. The van der Waals surface area contributed by atoms with Crippen molar-refractivity contribution in [2.45, 2.75) is 17.9 Å². The van der Waals surface area contributed by atoms with Gasteiger partial charge in [0.05, 0.1) is 10.6 Å². The second kappa shape index (κ2) is 8.18. The van der Waals surface area contributed by atoms with E-state index in [4.69, 9.17) is 0 Å². The van der Waals surface area contributed by atoms with Gasteiger partial charge in [-0.3, -0.25) is 18.9 Å². The Morgan fingerprint density at radius 1 is 1.12 bits per heavy atom. The molecule has 1 amide bonds. The summed E-state index contributed by atoms with van der Waals surface area (Å²) in [6.45, 7) is 0.555. The molecular formula is C24H20N4O4S. The zero-order chi connectivity index (χ0) is 23.0. The molecule has 2 N–H and O–H groups in total. The number of rotatable bonds is 5. The number of carbonyl (C=O) groups is 1. The normalized spacial score (nSPS) is 13.2. The lowest BCUT2D eigenvalue weighted by molar-refractivity contribution is 0.0949. The summed E-state index contributed by atoms with van der Waals surface area (Å²) >= 11 is 0. The molecular weight excluding hydrogens is 440 g/mol. The highest BCUT2D eigenvalue weighted by atomic mass is 32.2. The molecule has 5 rings (SSSR count). The standard InChI is InChI=1S/C24H20N4O4S/c29-23-19-12-18(33(31,32)28-11-9-17-5-1-2-6-22(17)28)7-8-21(19)26-15-20(23)24(30)27-14-16-4-3-10-25-13-16/h1-8,10,12-13,15H,9,11,14H2,(H,26,29)(H,27,30). The fourth-order valence-electron chi connectivity index (χ4n) is 3.99. The smallest absolute Gasteiger partial charge is 0.264 e. The second-order valence-electron chi connectivity index (χ2n) is 7.74. The first-order valence-corrected chi connectivity index (χ1v) is 11.8. The van der Waals surface area contributed by atoms with Crippen LogP contribution in [-0.2, 0) is 23.0 Å². The number of aromatic amines is 1. The lowest BCUT2D eigenvalue weighted by Crippen LogP contribution is -2.30. The SMILES string of the molecule is O=C(NCc1cccnc1)c1c[nH]c2ccc(S(=O)(=O)N3CCc4ccccc43)cc2c1=O. The van der Waals surface area contributed by atoms with Crippen LogP contribution in [0.5, 0.6) is 0 Å². The summed E-state index contributed by atoms with van der Waals surface area (Å²) in [6.07, 6.45) is 5.23. The maximum absolute atomic E-state index is 13.4. The number of para-hydroxylation sites is 1. The average Bonchev–Trinajstić information content (AvgIpc) is 3.28. The van der Waals surface area contributed by atoms with Crippen molar-refractivity contribution in [3.05, 3.63) is 100 Å². The Labute approximate surface area is 190 Å². The highest BCUT2D eigenvalue weighted by molar-refractivity contribution is 7.92. The maximum Gasteiger partial charge on any atom is 0.264 e. The van der Waals surface area contributed by atoms with Crippen LogP contribution in [0.1, 0.15) is 21.5 Å². The molecule has 0 radical (unpaired) electrons. The number of amides is 1. The minimum absolute atomic E-state index is 0.00474. The van der Waals surface area contributed by atoms with Crippen LogP contribution in [0.25, 0.3) is 10.9 Å². The van der Waals surface area contributed by atoms with E-state index >= 15 is 0 Å². The molecule has 166 valence electrons. The summed E-state index contributed by atoms with van der Waals surface area (Å²) in [5, 5.41) is 2.83. The summed E-state index contributed by atoms with van der Waals surface area (Å²) in [6, 6.07) is 15.3. The number of sulfonamides is 1. The lowest BCUT2D eigenvalue weighted by Gasteiger charge is -2.19. The Kier molecular flexibility index (Phi) is 5.18. The van der Waals surface area contributed by atoms with Gasteiger partial charge in [-0.25, -0.2) is 8.42 Å². The van der Waals surface area contributed by atoms with Crippen LogP contribution in [0.3, 0.4) is 0 Å². The molecule has 2 aromatic heterocycles. The number of hydrogen-bond acceptors (Lipinski definition) is 5. The Bertz CT molecular complexity index is 1530. The fourth-order valence-corrected chi connectivity index (χ4v) is 5.52.